The Morgan fingerprint density at radius 1 is 1.60 bits per heavy atom. The van der Waals surface area contributed by atoms with Gasteiger partial charge in [0, 0.05) is 13.2 Å². The Bertz CT molecular complexity index is 97.4. The summed E-state index contributed by atoms with van der Waals surface area (Å²) in [5, 5.41) is 3.23. The van der Waals surface area contributed by atoms with Gasteiger partial charge in [-0.25, -0.2) is 0 Å². The fourth-order valence-corrected chi connectivity index (χ4v) is 1.12. The lowest BCUT2D eigenvalue weighted by molar-refractivity contribution is -0.00291. The van der Waals surface area contributed by atoms with Crippen molar-refractivity contribution in [2.24, 2.45) is 0 Å². The maximum atomic E-state index is 5.42. The quantitative estimate of drug-likeness (QED) is 0.598. The van der Waals surface area contributed by atoms with Crippen LogP contribution >= 0.6 is 0 Å². The molecule has 0 radical (unpaired) electrons. The van der Waals surface area contributed by atoms with E-state index >= 15 is 0 Å². The molecule has 58 valence electrons. The molecule has 0 bridgehead atoms. The van der Waals surface area contributed by atoms with Crippen molar-refractivity contribution in [3.05, 3.63) is 12.7 Å². The Morgan fingerprint density at radius 2 is 2.50 bits per heavy atom. The molecule has 0 aromatic heterocycles. The van der Waals surface area contributed by atoms with E-state index in [-0.39, 0.29) is 6.23 Å². The summed E-state index contributed by atoms with van der Waals surface area (Å²) in [7, 11) is 0. The lowest BCUT2D eigenvalue weighted by Crippen LogP contribution is -2.34. The molecule has 1 heterocycles. The Morgan fingerprint density at radius 3 is 3.10 bits per heavy atom. The number of hydrogen-bond acceptors (Lipinski definition) is 2. The Hall–Kier alpha value is -0.340. The normalized spacial score (nSPS) is 26.2. The second-order valence-corrected chi connectivity index (χ2v) is 2.55. The summed E-state index contributed by atoms with van der Waals surface area (Å²) in [6.07, 6.45) is 5.79. The maximum Gasteiger partial charge on any atom is 0.108 e. The van der Waals surface area contributed by atoms with Crippen LogP contribution < -0.4 is 5.32 Å². The van der Waals surface area contributed by atoms with Crippen LogP contribution in [-0.2, 0) is 4.74 Å². The SMILES string of the molecule is C=CCNC1CCCCO1. The Labute approximate surface area is 62.3 Å². The van der Waals surface area contributed by atoms with E-state index in [9.17, 15) is 0 Å². The van der Waals surface area contributed by atoms with Gasteiger partial charge in [0.05, 0.1) is 0 Å². The van der Waals surface area contributed by atoms with Crippen LogP contribution in [0.2, 0.25) is 0 Å². The molecule has 1 unspecified atom stereocenters. The predicted octanol–water partition coefficient (Wildman–Crippen LogP) is 1.29. The largest absolute Gasteiger partial charge is 0.363 e. The minimum absolute atomic E-state index is 0.284. The van der Waals surface area contributed by atoms with Crippen molar-refractivity contribution >= 4 is 0 Å². The minimum atomic E-state index is 0.284. The zero-order valence-corrected chi connectivity index (χ0v) is 6.31. The van der Waals surface area contributed by atoms with E-state index in [1.807, 2.05) is 6.08 Å². The summed E-state index contributed by atoms with van der Waals surface area (Å²) in [6, 6.07) is 0. The van der Waals surface area contributed by atoms with Crippen molar-refractivity contribution in [2.45, 2.75) is 25.5 Å². The van der Waals surface area contributed by atoms with Gasteiger partial charge < -0.3 is 4.74 Å². The van der Waals surface area contributed by atoms with E-state index in [0.717, 1.165) is 19.6 Å². The van der Waals surface area contributed by atoms with Crippen molar-refractivity contribution in [3.63, 3.8) is 0 Å². The first-order valence-corrected chi connectivity index (χ1v) is 3.89. The van der Waals surface area contributed by atoms with E-state index in [1.54, 1.807) is 0 Å². The average Bonchev–Trinajstić information content (AvgIpc) is 2.03. The molecular weight excluding hydrogens is 126 g/mol. The first-order valence-electron chi connectivity index (χ1n) is 3.89. The van der Waals surface area contributed by atoms with Crippen molar-refractivity contribution in [2.75, 3.05) is 13.2 Å². The van der Waals surface area contributed by atoms with Gasteiger partial charge in [-0.15, -0.1) is 6.58 Å². The monoisotopic (exact) mass is 141 g/mol. The van der Waals surface area contributed by atoms with Gasteiger partial charge >= 0.3 is 0 Å². The molecule has 0 spiro atoms. The lowest BCUT2D eigenvalue weighted by Gasteiger charge is -2.22. The average molecular weight is 141 g/mol. The highest BCUT2D eigenvalue weighted by atomic mass is 16.5. The van der Waals surface area contributed by atoms with Crippen molar-refractivity contribution in [1.82, 2.24) is 5.32 Å². The number of hydrogen-bond donors (Lipinski definition) is 1. The van der Waals surface area contributed by atoms with Gasteiger partial charge in [-0.1, -0.05) is 6.08 Å². The van der Waals surface area contributed by atoms with Crippen LogP contribution in [0.5, 0.6) is 0 Å². The molecule has 1 rings (SSSR count). The first kappa shape index (κ1) is 7.76. The highest BCUT2D eigenvalue weighted by Gasteiger charge is 2.10. The molecular formula is C8H15NO. The van der Waals surface area contributed by atoms with Crippen LogP contribution in [0, 0.1) is 0 Å². The molecule has 1 aliphatic heterocycles. The summed E-state index contributed by atoms with van der Waals surface area (Å²) in [5.74, 6) is 0. The molecule has 1 N–H and O–H groups in total. The van der Waals surface area contributed by atoms with Gasteiger partial charge in [0.2, 0.25) is 0 Å². The van der Waals surface area contributed by atoms with Crippen LogP contribution in [0.1, 0.15) is 19.3 Å². The molecule has 0 amide bonds. The summed E-state index contributed by atoms with van der Waals surface area (Å²) in [5.41, 5.74) is 0. The zero-order chi connectivity index (χ0) is 7.23. The summed E-state index contributed by atoms with van der Waals surface area (Å²) in [4.78, 5) is 0. The Balaban J connectivity index is 2.07. The summed E-state index contributed by atoms with van der Waals surface area (Å²) < 4.78 is 5.42. The summed E-state index contributed by atoms with van der Waals surface area (Å²) >= 11 is 0. The molecule has 1 fully saturated rings. The topological polar surface area (TPSA) is 21.3 Å². The Kier molecular flexibility index (Phi) is 3.47. The van der Waals surface area contributed by atoms with Crippen molar-refractivity contribution < 1.29 is 4.74 Å². The molecule has 2 nitrogen and oxygen atoms in total. The zero-order valence-electron chi connectivity index (χ0n) is 6.31. The van der Waals surface area contributed by atoms with Gasteiger partial charge in [-0.05, 0) is 19.3 Å². The fraction of sp³-hybridized carbons (Fsp3) is 0.750. The van der Waals surface area contributed by atoms with Crippen LogP contribution in [0.4, 0.5) is 0 Å². The third kappa shape index (κ3) is 2.50. The second kappa shape index (κ2) is 4.47. The van der Waals surface area contributed by atoms with Crippen molar-refractivity contribution in [1.29, 1.82) is 0 Å². The van der Waals surface area contributed by atoms with E-state index in [0.29, 0.717) is 0 Å². The van der Waals surface area contributed by atoms with E-state index < -0.39 is 0 Å². The highest BCUT2D eigenvalue weighted by molar-refractivity contribution is 4.72. The van der Waals surface area contributed by atoms with Crippen LogP contribution in [0.25, 0.3) is 0 Å². The van der Waals surface area contributed by atoms with Crippen LogP contribution in [0.15, 0.2) is 12.7 Å². The number of nitrogens with one attached hydrogen (secondary N) is 1. The fourth-order valence-electron chi connectivity index (χ4n) is 1.12. The van der Waals surface area contributed by atoms with E-state index in [2.05, 4.69) is 11.9 Å². The minimum Gasteiger partial charge on any atom is -0.363 e. The molecule has 1 atom stereocenters. The van der Waals surface area contributed by atoms with Crippen LogP contribution in [-0.4, -0.2) is 19.4 Å². The smallest absolute Gasteiger partial charge is 0.108 e. The third-order valence-corrected chi connectivity index (χ3v) is 1.67. The van der Waals surface area contributed by atoms with E-state index in [4.69, 9.17) is 4.74 Å². The molecule has 2 heteroatoms. The summed E-state index contributed by atoms with van der Waals surface area (Å²) in [6.45, 7) is 5.39. The standard InChI is InChI=1S/C8H15NO/c1-2-6-9-8-5-3-4-7-10-8/h2,8-9H,1,3-7H2. The number of rotatable bonds is 3. The highest BCUT2D eigenvalue weighted by Crippen LogP contribution is 2.09. The maximum absolute atomic E-state index is 5.42. The molecule has 10 heavy (non-hydrogen) atoms. The van der Waals surface area contributed by atoms with Gasteiger partial charge in [0.25, 0.3) is 0 Å². The molecule has 0 aromatic rings. The molecule has 0 aliphatic carbocycles. The van der Waals surface area contributed by atoms with Gasteiger partial charge in [-0.2, -0.15) is 0 Å². The molecule has 1 saturated heterocycles. The lowest BCUT2D eigenvalue weighted by atomic mass is 10.2. The first-order chi connectivity index (χ1) is 4.93. The van der Waals surface area contributed by atoms with Gasteiger partial charge in [-0.3, -0.25) is 5.32 Å². The molecule has 0 aromatic carbocycles. The van der Waals surface area contributed by atoms with Gasteiger partial charge in [0.1, 0.15) is 6.23 Å². The predicted molar refractivity (Wildman–Crippen MR) is 41.8 cm³/mol. The van der Waals surface area contributed by atoms with Crippen LogP contribution in [0.3, 0.4) is 0 Å². The second-order valence-electron chi connectivity index (χ2n) is 2.55. The van der Waals surface area contributed by atoms with E-state index in [1.165, 1.54) is 12.8 Å². The molecule has 0 saturated carbocycles. The number of ether oxygens (including phenoxy) is 1. The van der Waals surface area contributed by atoms with Crippen molar-refractivity contribution in [3.8, 4) is 0 Å². The molecule has 1 aliphatic rings. The third-order valence-electron chi connectivity index (χ3n) is 1.67. The van der Waals surface area contributed by atoms with Gasteiger partial charge in [0.15, 0.2) is 0 Å².